The maximum absolute atomic E-state index is 13.9. The molecule has 1 aliphatic heterocycles. The monoisotopic (exact) mass is 496 g/mol. The molecule has 1 saturated carbocycles. The van der Waals surface area contributed by atoms with E-state index in [4.69, 9.17) is 23.2 Å². The van der Waals surface area contributed by atoms with Gasteiger partial charge >= 0.3 is 0 Å². The number of likely N-dealkylation sites (tertiary alicyclic amines) is 1. The van der Waals surface area contributed by atoms with Gasteiger partial charge in [-0.2, -0.15) is 0 Å². The van der Waals surface area contributed by atoms with E-state index in [0.29, 0.717) is 0 Å². The van der Waals surface area contributed by atoms with E-state index in [2.05, 4.69) is 5.32 Å². The van der Waals surface area contributed by atoms with Crippen LogP contribution in [0.2, 0.25) is 0 Å². The molecule has 4 aliphatic carbocycles. The summed E-state index contributed by atoms with van der Waals surface area (Å²) in [5, 5.41) is 3.06. The van der Waals surface area contributed by atoms with Gasteiger partial charge in [0.05, 0.1) is 11.8 Å². The summed E-state index contributed by atoms with van der Waals surface area (Å²) in [6, 6.07) is 14.2. The van der Waals surface area contributed by atoms with Crippen LogP contribution in [0.3, 0.4) is 0 Å². The minimum absolute atomic E-state index is 0.0854. The highest BCUT2D eigenvalue weighted by molar-refractivity contribution is 6.36. The SMILES string of the molecule is C[C@H](C(=O)NC1CCCCC1)N1C(=O)[C@@H]2[C@@H](C1=O)C1(Cl)c3ccccc3C2(Cl)c2ccccc21. The maximum atomic E-state index is 13.9. The van der Waals surface area contributed by atoms with Crippen LogP contribution in [-0.2, 0) is 24.1 Å². The summed E-state index contributed by atoms with van der Waals surface area (Å²) >= 11 is 14.9. The Morgan fingerprint density at radius 2 is 1.26 bits per heavy atom. The van der Waals surface area contributed by atoms with E-state index >= 15 is 0 Å². The van der Waals surface area contributed by atoms with Gasteiger partial charge in [0, 0.05) is 6.04 Å². The van der Waals surface area contributed by atoms with E-state index in [1.165, 1.54) is 6.42 Å². The minimum atomic E-state index is -1.23. The van der Waals surface area contributed by atoms with E-state index in [-0.39, 0.29) is 11.9 Å². The molecule has 2 bridgehead atoms. The molecule has 7 rings (SSSR count). The smallest absolute Gasteiger partial charge is 0.243 e. The number of amides is 3. The molecular weight excluding hydrogens is 471 g/mol. The first kappa shape index (κ1) is 22.1. The van der Waals surface area contributed by atoms with Crippen LogP contribution in [0.1, 0.15) is 61.3 Å². The number of rotatable bonds is 3. The molecule has 0 aromatic heterocycles. The van der Waals surface area contributed by atoms with Crippen molar-refractivity contribution in [3.05, 3.63) is 70.8 Å². The van der Waals surface area contributed by atoms with Gasteiger partial charge in [-0.15, -0.1) is 23.2 Å². The van der Waals surface area contributed by atoms with Crippen molar-refractivity contribution in [2.45, 2.75) is 60.9 Å². The molecule has 2 fully saturated rings. The third-order valence-electron chi connectivity index (χ3n) is 8.34. The van der Waals surface area contributed by atoms with Gasteiger partial charge in [-0.3, -0.25) is 19.3 Å². The average Bonchev–Trinajstić information content (AvgIpc) is 3.13. The van der Waals surface area contributed by atoms with Crippen molar-refractivity contribution in [2.75, 3.05) is 0 Å². The maximum Gasteiger partial charge on any atom is 0.243 e. The number of hydrogen-bond acceptors (Lipinski definition) is 3. The summed E-state index contributed by atoms with van der Waals surface area (Å²) in [5.74, 6) is -2.92. The fourth-order valence-corrected chi connectivity index (χ4v) is 7.85. The lowest BCUT2D eigenvalue weighted by atomic mass is 9.54. The van der Waals surface area contributed by atoms with E-state index in [9.17, 15) is 14.4 Å². The van der Waals surface area contributed by atoms with Gasteiger partial charge in [-0.1, -0.05) is 67.8 Å². The van der Waals surface area contributed by atoms with Crippen molar-refractivity contribution >= 4 is 40.9 Å². The molecule has 5 aliphatic rings. The minimum Gasteiger partial charge on any atom is -0.352 e. The van der Waals surface area contributed by atoms with Crippen LogP contribution >= 0.6 is 23.2 Å². The molecule has 0 unspecified atom stereocenters. The molecule has 0 radical (unpaired) electrons. The normalized spacial score (nSPS) is 32.7. The Balaban J connectivity index is 1.44. The second kappa shape index (κ2) is 7.56. The molecule has 2 aromatic rings. The van der Waals surface area contributed by atoms with Crippen LogP contribution in [0.25, 0.3) is 0 Å². The lowest BCUT2D eigenvalue weighted by Gasteiger charge is -2.54. The van der Waals surface area contributed by atoms with Gasteiger partial charge in [0.1, 0.15) is 15.8 Å². The van der Waals surface area contributed by atoms with Gasteiger partial charge in [0.15, 0.2) is 0 Å². The Bertz CT molecular complexity index is 1100. The third kappa shape index (κ3) is 2.66. The lowest BCUT2D eigenvalue weighted by Crippen LogP contribution is -2.57. The third-order valence-corrected chi connectivity index (χ3v) is 9.62. The molecule has 2 aromatic carbocycles. The topological polar surface area (TPSA) is 66.5 Å². The average molecular weight is 497 g/mol. The number of nitrogens with one attached hydrogen (secondary N) is 1. The van der Waals surface area contributed by atoms with Crippen molar-refractivity contribution in [1.82, 2.24) is 10.2 Å². The van der Waals surface area contributed by atoms with Crippen LogP contribution in [0, 0.1) is 11.8 Å². The van der Waals surface area contributed by atoms with Crippen LogP contribution in [-0.4, -0.2) is 34.7 Å². The number of alkyl halides is 2. The molecule has 7 heteroatoms. The van der Waals surface area contributed by atoms with Crippen molar-refractivity contribution < 1.29 is 14.4 Å². The highest BCUT2D eigenvalue weighted by atomic mass is 35.5. The number of nitrogens with zero attached hydrogens (tertiary/aromatic N) is 1. The standard InChI is InChI=1S/C27H26Cl2N2O3/c1-15(23(32)30-16-9-3-2-4-10-16)31-24(33)21-22(25(31)34)27(29)18-12-6-5-11-17(18)26(21,28)19-13-7-8-14-20(19)27/h5-8,11-16,21-22H,2-4,9-10H2,1H3,(H,30,32)/t15-,21+,22+,26?,27?/m1/s1. The molecule has 1 heterocycles. The van der Waals surface area contributed by atoms with E-state index in [1.807, 2.05) is 48.5 Å². The van der Waals surface area contributed by atoms with E-state index < -0.39 is 39.4 Å². The molecule has 1 saturated heterocycles. The van der Waals surface area contributed by atoms with Gasteiger partial charge in [0.2, 0.25) is 17.7 Å². The molecule has 1 N–H and O–H groups in total. The first-order chi connectivity index (χ1) is 16.3. The Kier molecular flexibility index (Phi) is 4.92. The first-order valence-corrected chi connectivity index (χ1v) is 12.8. The number of carbonyl (C=O) groups excluding carboxylic acids is 3. The van der Waals surface area contributed by atoms with Gasteiger partial charge in [0.25, 0.3) is 0 Å². The fraction of sp³-hybridized carbons (Fsp3) is 0.444. The molecule has 34 heavy (non-hydrogen) atoms. The predicted molar refractivity (Wildman–Crippen MR) is 129 cm³/mol. The quantitative estimate of drug-likeness (QED) is 0.505. The van der Waals surface area contributed by atoms with E-state index in [0.717, 1.165) is 52.8 Å². The molecular formula is C27H26Cl2N2O3. The van der Waals surface area contributed by atoms with Crippen molar-refractivity contribution in [3.63, 3.8) is 0 Å². The number of halogens is 2. The van der Waals surface area contributed by atoms with Crippen molar-refractivity contribution in [3.8, 4) is 0 Å². The van der Waals surface area contributed by atoms with Gasteiger partial charge < -0.3 is 5.32 Å². The summed E-state index contributed by atoms with van der Waals surface area (Å²) in [6.45, 7) is 1.62. The zero-order chi connectivity index (χ0) is 23.8. The predicted octanol–water partition coefficient (Wildman–Crippen LogP) is 4.42. The summed E-state index contributed by atoms with van der Waals surface area (Å²) < 4.78 is 0. The lowest BCUT2D eigenvalue weighted by molar-refractivity contribution is -0.147. The summed E-state index contributed by atoms with van der Waals surface area (Å²) in [4.78, 5) is 39.7. The summed E-state index contributed by atoms with van der Waals surface area (Å²) in [5.41, 5.74) is 3.03. The van der Waals surface area contributed by atoms with Gasteiger partial charge in [-0.05, 0) is 42.0 Å². The van der Waals surface area contributed by atoms with Crippen LogP contribution in [0.4, 0.5) is 0 Å². The second-order valence-electron chi connectivity index (χ2n) is 10.0. The Labute approximate surface area is 208 Å². The highest BCUT2D eigenvalue weighted by Gasteiger charge is 2.73. The van der Waals surface area contributed by atoms with Gasteiger partial charge in [-0.25, -0.2) is 0 Å². The number of hydrogen-bond donors (Lipinski definition) is 1. The summed E-state index contributed by atoms with van der Waals surface area (Å²) in [6.07, 6.45) is 5.17. The number of imide groups is 1. The molecule has 3 atom stereocenters. The number of benzene rings is 2. The van der Waals surface area contributed by atoms with Crippen molar-refractivity contribution in [1.29, 1.82) is 0 Å². The Morgan fingerprint density at radius 3 is 1.68 bits per heavy atom. The van der Waals surface area contributed by atoms with Crippen LogP contribution < -0.4 is 5.32 Å². The summed E-state index contributed by atoms with van der Waals surface area (Å²) in [7, 11) is 0. The number of carbonyl (C=O) groups is 3. The zero-order valence-corrected chi connectivity index (χ0v) is 20.4. The molecule has 5 nitrogen and oxygen atoms in total. The zero-order valence-electron chi connectivity index (χ0n) is 18.9. The highest BCUT2D eigenvalue weighted by Crippen LogP contribution is 2.69. The Morgan fingerprint density at radius 1 is 0.853 bits per heavy atom. The van der Waals surface area contributed by atoms with Crippen LogP contribution in [0.15, 0.2) is 48.5 Å². The molecule has 176 valence electrons. The Hall–Kier alpha value is -2.37. The van der Waals surface area contributed by atoms with Crippen LogP contribution in [0.5, 0.6) is 0 Å². The first-order valence-electron chi connectivity index (χ1n) is 12.1. The molecule has 3 amide bonds. The fourth-order valence-electron chi connectivity index (χ4n) is 6.76. The largest absolute Gasteiger partial charge is 0.352 e. The van der Waals surface area contributed by atoms with Crippen molar-refractivity contribution in [2.24, 2.45) is 11.8 Å². The molecule has 0 spiro atoms. The van der Waals surface area contributed by atoms with E-state index in [1.54, 1.807) is 6.92 Å². The second-order valence-corrected chi connectivity index (χ2v) is 11.2.